The summed E-state index contributed by atoms with van der Waals surface area (Å²) in [5, 5.41) is 7.41. The van der Waals surface area contributed by atoms with E-state index in [-0.39, 0.29) is 0 Å². The summed E-state index contributed by atoms with van der Waals surface area (Å²) in [6, 6.07) is 50.0. The Kier molecular flexibility index (Phi) is 4.36. The van der Waals surface area contributed by atoms with Crippen LogP contribution in [0.25, 0.3) is 71.3 Å². The van der Waals surface area contributed by atoms with E-state index < -0.39 is 0 Å². The van der Waals surface area contributed by atoms with Crippen molar-refractivity contribution in [2.75, 3.05) is 0 Å². The van der Waals surface area contributed by atoms with Gasteiger partial charge in [-0.25, -0.2) is 0 Å². The van der Waals surface area contributed by atoms with Gasteiger partial charge in [0, 0.05) is 32.8 Å². The lowest BCUT2D eigenvalue weighted by atomic mass is 9.89. The molecule has 9 rings (SSSR count). The molecular weight excluding hydrogens is 486 g/mol. The summed E-state index contributed by atoms with van der Waals surface area (Å²) in [5.41, 5.74) is 8.43. The number of ether oxygens (including phenoxy) is 1. The van der Waals surface area contributed by atoms with E-state index in [4.69, 9.17) is 4.74 Å². The monoisotopic (exact) mass is 509 g/mol. The topological polar surface area (TPSA) is 14.2 Å². The Morgan fingerprint density at radius 2 is 1.12 bits per heavy atom. The molecule has 2 nitrogen and oxygen atoms in total. The van der Waals surface area contributed by atoms with E-state index in [1.807, 2.05) is 6.07 Å². The van der Waals surface area contributed by atoms with Crippen LogP contribution in [0.5, 0.6) is 11.5 Å². The molecule has 0 saturated carbocycles. The molecule has 0 saturated heterocycles. The van der Waals surface area contributed by atoms with Crippen LogP contribution < -0.4 is 4.74 Å². The zero-order chi connectivity index (χ0) is 26.2. The van der Waals surface area contributed by atoms with Gasteiger partial charge >= 0.3 is 0 Å². The van der Waals surface area contributed by atoms with Crippen molar-refractivity contribution in [3.8, 4) is 39.4 Å². The fraction of sp³-hybridized carbons (Fsp3) is 0. The first-order chi connectivity index (χ1) is 19.9. The smallest absolute Gasteiger partial charge is 0.135 e. The molecule has 1 aliphatic rings. The van der Waals surface area contributed by atoms with Crippen LogP contribution in [-0.2, 0) is 0 Å². The van der Waals surface area contributed by atoms with Gasteiger partial charge in [-0.15, -0.1) is 0 Å². The highest BCUT2D eigenvalue weighted by atomic mass is 16.5. The maximum absolute atomic E-state index is 6.40. The van der Waals surface area contributed by atoms with Crippen LogP contribution in [0.4, 0.5) is 0 Å². The van der Waals surface area contributed by atoms with Gasteiger partial charge in [0.2, 0.25) is 0 Å². The van der Waals surface area contributed by atoms with Crippen molar-refractivity contribution in [2.45, 2.75) is 0 Å². The highest BCUT2D eigenvalue weighted by molar-refractivity contribution is 6.24. The van der Waals surface area contributed by atoms with E-state index in [0.29, 0.717) is 0 Å². The Bertz CT molecular complexity index is 2290. The van der Waals surface area contributed by atoms with Crippen molar-refractivity contribution < 1.29 is 4.74 Å². The first-order valence-corrected chi connectivity index (χ1v) is 13.7. The highest BCUT2D eigenvalue weighted by Gasteiger charge is 2.23. The SMILES string of the molecule is c1ccc(-n2c3cccc(-c4ccc5c6c(cccc46)-c4ccccc4O5)c3c3ccc4ccccc4c32)cc1. The number of hydrogen-bond acceptors (Lipinski definition) is 1. The van der Waals surface area contributed by atoms with Crippen LogP contribution in [0.1, 0.15) is 0 Å². The Morgan fingerprint density at radius 1 is 0.400 bits per heavy atom. The van der Waals surface area contributed by atoms with Gasteiger partial charge in [0.05, 0.1) is 11.0 Å². The van der Waals surface area contributed by atoms with Crippen molar-refractivity contribution in [1.29, 1.82) is 0 Å². The molecule has 8 aromatic rings. The van der Waals surface area contributed by atoms with Gasteiger partial charge in [0.25, 0.3) is 0 Å². The van der Waals surface area contributed by atoms with Crippen LogP contribution in [-0.4, -0.2) is 4.57 Å². The van der Waals surface area contributed by atoms with Crippen molar-refractivity contribution in [2.24, 2.45) is 0 Å². The van der Waals surface area contributed by atoms with Gasteiger partial charge in [-0.05, 0) is 57.8 Å². The van der Waals surface area contributed by atoms with Crippen molar-refractivity contribution in [3.05, 3.63) is 140 Å². The van der Waals surface area contributed by atoms with Gasteiger partial charge in [-0.3, -0.25) is 0 Å². The predicted molar refractivity (Wildman–Crippen MR) is 167 cm³/mol. The minimum absolute atomic E-state index is 0.912. The minimum atomic E-state index is 0.912. The number of nitrogens with zero attached hydrogens (tertiary/aromatic N) is 1. The Balaban J connectivity index is 1.43. The van der Waals surface area contributed by atoms with Crippen LogP contribution in [0, 0.1) is 0 Å². The van der Waals surface area contributed by atoms with Gasteiger partial charge in [0.15, 0.2) is 0 Å². The number of para-hydroxylation sites is 2. The van der Waals surface area contributed by atoms with Crippen molar-refractivity contribution in [3.63, 3.8) is 0 Å². The third-order valence-corrected chi connectivity index (χ3v) is 8.38. The molecular formula is C38H23NO. The molecule has 0 unspecified atom stereocenters. The molecule has 0 aliphatic carbocycles. The van der Waals surface area contributed by atoms with Crippen LogP contribution in [0.15, 0.2) is 140 Å². The predicted octanol–water partition coefficient (Wildman–Crippen LogP) is 10.5. The Morgan fingerprint density at radius 3 is 2.05 bits per heavy atom. The molecule has 2 heteroatoms. The quantitative estimate of drug-likeness (QED) is 0.226. The molecule has 0 atom stereocenters. The second-order valence-corrected chi connectivity index (χ2v) is 10.5. The number of rotatable bonds is 2. The summed E-state index contributed by atoms with van der Waals surface area (Å²) in [4.78, 5) is 0. The number of fused-ring (bicyclic) bond motifs is 7. The fourth-order valence-electron chi connectivity index (χ4n) is 6.71. The molecule has 0 spiro atoms. The molecule has 0 fully saturated rings. The zero-order valence-corrected chi connectivity index (χ0v) is 21.6. The van der Waals surface area contributed by atoms with E-state index in [1.54, 1.807) is 0 Å². The maximum Gasteiger partial charge on any atom is 0.135 e. The summed E-state index contributed by atoms with van der Waals surface area (Å²) in [6.45, 7) is 0. The normalized spacial score (nSPS) is 12.2. The molecule has 2 heterocycles. The van der Waals surface area contributed by atoms with E-state index in [1.165, 1.54) is 60.0 Å². The fourth-order valence-corrected chi connectivity index (χ4v) is 6.71. The van der Waals surface area contributed by atoms with Gasteiger partial charge in [-0.1, -0.05) is 109 Å². The Hall–Kier alpha value is -5.34. The number of aromatic nitrogens is 1. The summed E-state index contributed by atoms with van der Waals surface area (Å²) in [5.74, 6) is 1.83. The molecule has 0 bridgehead atoms. The number of benzene rings is 7. The summed E-state index contributed by atoms with van der Waals surface area (Å²) in [6.07, 6.45) is 0. The molecule has 1 aliphatic heterocycles. The number of hydrogen-bond donors (Lipinski definition) is 0. The molecule has 40 heavy (non-hydrogen) atoms. The van der Waals surface area contributed by atoms with Crippen LogP contribution in [0.2, 0.25) is 0 Å². The van der Waals surface area contributed by atoms with Gasteiger partial charge < -0.3 is 9.30 Å². The molecule has 0 amide bonds. The van der Waals surface area contributed by atoms with Crippen LogP contribution in [0.3, 0.4) is 0 Å². The minimum Gasteiger partial charge on any atom is -0.456 e. The lowest BCUT2D eigenvalue weighted by Crippen LogP contribution is -1.97. The second-order valence-electron chi connectivity index (χ2n) is 10.5. The first kappa shape index (κ1) is 21.6. The average Bonchev–Trinajstić information content (AvgIpc) is 3.37. The molecule has 1 aromatic heterocycles. The third kappa shape index (κ3) is 2.88. The van der Waals surface area contributed by atoms with E-state index >= 15 is 0 Å². The lowest BCUT2D eigenvalue weighted by Gasteiger charge is -2.22. The standard InChI is InChI=1S/C38H23NO/c1-2-11-25(12-3-1)39-33-18-9-17-29(36(33)32-21-20-24-10-4-5-13-26(24)38(32)39)27-22-23-35-37-30(27)15-8-16-31(37)28-14-6-7-19-34(28)40-35/h1-23H. The zero-order valence-electron chi connectivity index (χ0n) is 21.6. The largest absolute Gasteiger partial charge is 0.456 e. The van der Waals surface area contributed by atoms with Gasteiger partial charge in [-0.2, -0.15) is 0 Å². The van der Waals surface area contributed by atoms with E-state index in [2.05, 4.69) is 138 Å². The van der Waals surface area contributed by atoms with Crippen molar-refractivity contribution in [1.82, 2.24) is 4.57 Å². The Labute approximate surface area is 231 Å². The maximum atomic E-state index is 6.40. The summed E-state index contributed by atoms with van der Waals surface area (Å²) >= 11 is 0. The van der Waals surface area contributed by atoms with Crippen LogP contribution >= 0.6 is 0 Å². The highest BCUT2D eigenvalue weighted by Crippen LogP contribution is 2.50. The molecule has 0 radical (unpaired) electrons. The second kappa shape index (κ2) is 8.08. The first-order valence-electron chi connectivity index (χ1n) is 13.7. The van der Waals surface area contributed by atoms with Gasteiger partial charge in [0.1, 0.15) is 11.5 Å². The van der Waals surface area contributed by atoms with E-state index in [0.717, 1.165) is 22.7 Å². The summed E-state index contributed by atoms with van der Waals surface area (Å²) < 4.78 is 8.84. The van der Waals surface area contributed by atoms with E-state index in [9.17, 15) is 0 Å². The molecule has 7 aromatic carbocycles. The average molecular weight is 510 g/mol. The summed E-state index contributed by atoms with van der Waals surface area (Å²) in [7, 11) is 0. The lowest BCUT2D eigenvalue weighted by molar-refractivity contribution is 0.487. The molecule has 0 N–H and O–H groups in total. The third-order valence-electron chi connectivity index (χ3n) is 8.38. The van der Waals surface area contributed by atoms with Crippen molar-refractivity contribution >= 4 is 43.4 Å². The molecule has 186 valence electrons.